The molecule has 0 aliphatic carbocycles. The Morgan fingerprint density at radius 1 is 1.31 bits per heavy atom. The Labute approximate surface area is 191 Å². The number of thioether (sulfide) groups is 1. The molecule has 0 spiro atoms. The van der Waals surface area contributed by atoms with Crippen molar-refractivity contribution in [3.8, 4) is 0 Å². The first-order valence-electron chi connectivity index (χ1n) is 10.8. The summed E-state index contributed by atoms with van der Waals surface area (Å²) in [6.07, 6.45) is 2.00. The Kier molecular flexibility index (Phi) is 6.82. The number of aliphatic imine (C=N–C) groups is 1. The third-order valence-electron chi connectivity index (χ3n) is 6.24. The van der Waals surface area contributed by atoms with Crippen LogP contribution in [-0.4, -0.2) is 89.8 Å². The van der Waals surface area contributed by atoms with Gasteiger partial charge in [-0.05, 0) is 68.0 Å². The number of benzene rings is 1. The van der Waals surface area contributed by atoms with E-state index < -0.39 is 18.0 Å². The first-order chi connectivity index (χ1) is 15.3. The quantitative estimate of drug-likeness (QED) is 0.669. The molecule has 1 aromatic rings. The Hall–Kier alpha value is -2.43. The molecule has 0 bridgehead atoms. The summed E-state index contributed by atoms with van der Waals surface area (Å²) in [6.45, 7) is 3.62. The minimum absolute atomic E-state index is 0.214. The number of nitrogens with one attached hydrogen (secondary N) is 1. The van der Waals surface area contributed by atoms with E-state index in [0.29, 0.717) is 34.2 Å². The average molecular weight is 462 g/mol. The van der Waals surface area contributed by atoms with Crippen molar-refractivity contribution in [3.63, 3.8) is 0 Å². The number of carbonyl (C=O) groups is 2. The van der Waals surface area contributed by atoms with E-state index in [1.54, 1.807) is 12.1 Å². The zero-order chi connectivity index (χ0) is 22.8. The number of halogens is 1. The average Bonchev–Trinajstić information content (AvgIpc) is 3.14. The zero-order valence-corrected chi connectivity index (χ0v) is 19.1. The predicted octanol–water partition coefficient (Wildman–Crippen LogP) is 2.45. The highest BCUT2D eigenvalue weighted by molar-refractivity contribution is 8.18. The Morgan fingerprint density at radius 3 is 2.75 bits per heavy atom. The van der Waals surface area contributed by atoms with Crippen LogP contribution in [0.25, 0.3) is 6.08 Å². The summed E-state index contributed by atoms with van der Waals surface area (Å²) >= 11 is 1.29. The number of rotatable bonds is 3. The summed E-state index contributed by atoms with van der Waals surface area (Å²) in [6, 6.07) is 4.16. The lowest BCUT2D eigenvalue weighted by Crippen LogP contribution is -2.46. The second-order valence-electron chi connectivity index (χ2n) is 8.45. The van der Waals surface area contributed by atoms with Crippen molar-refractivity contribution >= 4 is 35.0 Å². The maximum Gasteiger partial charge on any atom is 0.407 e. The second kappa shape index (κ2) is 9.60. The fraction of sp³-hybridized carbons (Fsp3) is 0.500. The molecule has 0 radical (unpaired) electrons. The molecule has 2 fully saturated rings. The molecule has 2 saturated heterocycles. The van der Waals surface area contributed by atoms with Crippen LogP contribution in [0, 0.1) is 5.82 Å². The highest BCUT2D eigenvalue weighted by atomic mass is 32.2. The van der Waals surface area contributed by atoms with Crippen LogP contribution in [0.2, 0.25) is 0 Å². The number of amides is 2. The topological polar surface area (TPSA) is 88.5 Å². The van der Waals surface area contributed by atoms with Gasteiger partial charge in [0.25, 0.3) is 5.91 Å². The summed E-state index contributed by atoms with van der Waals surface area (Å²) < 4.78 is 14.2. The van der Waals surface area contributed by atoms with E-state index in [9.17, 15) is 19.1 Å². The molecule has 172 valence electrons. The first kappa shape index (κ1) is 22.8. The van der Waals surface area contributed by atoms with Crippen molar-refractivity contribution < 1.29 is 19.1 Å². The van der Waals surface area contributed by atoms with E-state index in [0.717, 1.165) is 32.6 Å². The van der Waals surface area contributed by atoms with Gasteiger partial charge in [-0.25, -0.2) is 9.18 Å². The van der Waals surface area contributed by atoms with Crippen molar-refractivity contribution in [3.05, 3.63) is 40.0 Å². The number of likely N-dealkylation sites (tertiary alicyclic amines) is 1. The number of piperidine rings is 1. The van der Waals surface area contributed by atoms with Crippen LogP contribution < -0.4 is 5.32 Å². The highest BCUT2D eigenvalue weighted by Crippen LogP contribution is 2.37. The van der Waals surface area contributed by atoms with Crippen molar-refractivity contribution in [2.75, 3.05) is 46.8 Å². The molecule has 2 amide bonds. The lowest BCUT2D eigenvalue weighted by molar-refractivity contribution is -0.113. The molecule has 2 atom stereocenters. The van der Waals surface area contributed by atoms with Gasteiger partial charge < -0.3 is 25.1 Å². The maximum absolute atomic E-state index is 14.2. The van der Waals surface area contributed by atoms with Crippen LogP contribution in [0.1, 0.15) is 30.0 Å². The predicted molar refractivity (Wildman–Crippen MR) is 123 cm³/mol. The van der Waals surface area contributed by atoms with Gasteiger partial charge in [0.05, 0.1) is 10.9 Å². The lowest BCUT2D eigenvalue weighted by Gasteiger charge is -2.41. The van der Waals surface area contributed by atoms with Crippen LogP contribution >= 0.6 is 11.8 Å². The molecule has 10 heteroatoms. The maximum atomic E-state index is 14.2. The number of carboxylic acid groups (broad SMARTS) is 1. The van der Waals surface area contributed by atoms with E-state index >= 15 is 0 Å². The summed E-state index contributed by atoms with van der Waals surface area (Å²) in [5.41, 5.74) is 1.23. The van der Waals surface area contributed by atoms with E-state index in [-0.39, 0.29) is 11.9 Å². The largest absolute Gasteiger partial charge is 0.465 e. The van der Waals surface area contributed by atoms with Gasteiger partial charge in [-0.3, -0.25) is 4.79 Å². The van der Waals surface area contributed by atoms with E-state index in [1.165, 1.54) is 28.8 Å². The molecular formula is C22H28FN5O3S. The smallest absolute Gasteiger partial charge is 0.407 e. The standard InChI is InChI=1S/C22H28FN5O3S/c1-26(2)16-5-8-28(22(30)31)18(13-16)17-4-3-15(23)11-14(17)12-19-20(29)25-21(32-19)27-9-6-24-7-10-27/h3-4,11-12,16,18,24H,5-10,13H2,1-2H3,(H,30,31). The van der Waals surface area contributed by atoms with Gasteiger partial charge >= 0.3 is 6.09 Å². The molecule has 0 saturated carbocycles. The van der Waals surface area contributed by atoms with Crippen LogP contribution in [0.5, 0.6) is 0 Å². The summed E-state index contributed by atoms with van der Waals surface area (Å²) in [5, 5.41) is 13.7. The molecule has 3 aliphatic rings. The summed E-state index contributed by atoms with van der Waals surface area (Å²) in [7, 11) is 3.96. The van der Waals surface area contributed by atoms with E-state index in [2.05, 4.69) is 20.1 Å². The minimum Gasteiger partial charge on any atom is -0.465 e. The van der Waals surface area contributed by atoms with Gasteiger partial charge in [-0.2, -0.15) is 4.99 Å². The molecule has 0 aromatic heterocycles. The third-order valence-corrected chi connectivity index (χ3v) is 7.29. The van der Waals surface area contributed by atoms with Crippen molar-refractivity contribution in [2.45, 2.75) is 24.9 Å². The third kappa shape index (κ3) is 4.82. The molecular weight excluding hydrogens is 433 g/mol. The first-order valence-corrected chi connectivity index (χ1v) is 11.6. The van der Waals surface area contributed by atoms with Crippen LogP contribution in [0.3, 0.4) is 0 Å². The van der Waals surface area contributed by atoms with Crippen molar-refractivity contribution in [1.29, 1.82) is 0 Å². The Morgan fingerprint density at radius 2 is 2.06 bits per heavy atom. The normalized spacial score (nSPS) is 25.6. The van der Waals surface area contributed by atoms with Crippen LogP contribution in [0.15, 0.2) is 28.1 Å². The van der Waals surface area contributed by atoms with Crippen LogP contribution in [0.4, 0.5) is 9.18 Å². The highest BCUT2D eigenvalue weighted by Gasteiger charge is 2.35. The molecule has 2 unspecified atom stereocenters. The minimum atomic E-state index is -0.995. The molecule has 4 rings (SSSR count). The van der Waals surface area contributed by atoms with Crippen LogP contribution in [-0.2, 0) is 4.79 Å². The van der Waals surface area contributed by atoms with Crippen molar-refractivity contribution in [1.82, 2.24) is 20.0 Å². The van der Waals surface area contributed by atoms with Gasteiger partial charge in [-0.15, -0.1) is 0 Å². The fourth-order valence-electron chi connectivity index (χ4n) is 4.44. The van der Waals surface area contributed by atoms with E-state index in [1.807, 2.05) is 14.1 Å². The molecule has 2 N–H and O–H groups in total. The molecule has 1 aromatic carbocycles. The molecule has 8 nitrogen and oxygen atoms in total. The molecule has 3 aliphatic heterocycles. The van der Waals surface area contributed by atoms with Gasteiger partial charge in [0.2, 0.25) is 0 Å². The molecule has 3 heterocycles. The number of hydrogen-bond donors (Lipinski definition) is 2. The van der Waals surface area contributed by atoms with Gasteiger partial charge in [0.15, 0.2) is 5.17 Å². The lowest BCUT2D eigenvalue weighted by atomic mass is 9.88. The SMILES string of the molecule is CN(C)C1CCN(C(=O)O)C(c2ccc(F)cc2C=C2SC(N3CCNCC3)=NC2=O)C1. The van der Waals surface area contributed by atoms with E-state index in [4.69, 9.17) is 0 Å². The number of hydrogen-bond acceptors (Lipinski definition) is 6. The zero-order valence-electron chi connectivity index (χ0n) is 18.3. The van der Waals surface area contributed by atoms with Gasteiger partial charge in [0.1, 0.15) is 5.82 Å². The number of carbonyl (C=O) groups excluding carboxylic acids is 1. The Balaban J connectivity index is 1.65. The monoisotopic (exact) mass is 461 g/mol. The Bertz CT molecular complexity index is 961. The number of piperazine rings is 1. The summed E-state index contributed by atoms with van der Waals surface area (Å²) in [5.74, 6) is -0.773. The second-order valence-corrected chi connectivity index (χ2v) is 9.46. The van der Waals surface area contributed by atoms with Gasteiger partial charge in [-0.1, -0.05) is 6.07 Å². The number of nitrogens with zero attached hydrogens (tertiary/aromatic N) is 4. The van der Waals surface area contributed by atoms with Crippen molar-refractivity contribution in [2.24, 2.45) is 4.99 Å². The number of amidine groups is 1. The molecule has 32 heavy (non-hydrogen) atoms. The fourth-order valence-corrected chi connectivity index (χ4v) is 5.40. The van der Waals surface area contributed by atoms with Gasteiger partial charge in [0, 0.05) is 38.8 Å². The summed E-state index contributed by atoms with van der Waals surface area (Å²) in [4.78, 5) is 34.7.